The predicted molar refractivity (Wildman–Crippen MR) is 56.8 cm³/mol. The number of hydrogen-bond donors (Lipinski definition) is 0. The Bertz CT molecular complexity index is 251. The van der Waals surface area contributed by atoms with Crippen molar-refractivity contribution in [1.29, 1.82) is 0 Å². The van der Waals surface area contributed by atoms with Crippen molar-refractivity contribution in [2.75, 3.05) is 7.11 Å². The van der Waals surface area contributed by atoms with E-state index in [0.29, 0.717) is 0 Å². The third-order valence-corrected chi connectivity index (χ3v) is 3.75. The molecule has 0 radical (unpaired) electrons. The van der Waals surface area contributed by atoms with E-state index in [4.69, 9.17) is 4.74 Å². The number of ether oxygens (including phenoxy) is 1. The Balaban J connectivity index is 3.28. The van der Waals surface area contributed by atoms with Crippen LogP contribution in [0.1, 0.15) is 41.0 Å². The maximum Gasteiger partial charge on any atom is 0.110 e. The van der Waals surface area contributed by atoms with Crippen molar-refractivity contribution in [2.24, 2.45) is 0 Å². The van der Waals surface area contributed by atoms with Gasteiger partial charge >= 0.3 is 0 Å². The van der Waals surface area contributed by atoms with E-state index in [0.717, 1.165) is 6.42 Å². The summed E-state index contributed by atoms with van der Waals surface area (Å²) in [7, 11) is 1.81. The molecule has 0 saturated heterocycles. The van der Waals surface area contributed by atoms with Gasteiger partial charge in [0.15, 0.2) is 0 Å². The van der Waals surface area contributed by atoms with Gasteiger partial charge in [-0.15, -0.1) is 0 Å². The first-order chi connectivity index (χ1) is 6.01. The van der Waals surface area contributed by atoms with Crippen LogP contribution in [-0.2, 0) is 4.74 Å². The lowest BCUT2D eigenvalue weighted by Crippen LogP contribution is -2.31. The number of methoxy groups -OCH3 is 1. The van der Waals surface area contributed by atoms with Gasteiger partial charge in [-0.25, -0.2) is 0 Å². The zero-order valence-corrected chi connectivity index (χ0v) is 9.62. The molecule has 1 aliphatic carbocycles. The Labute approximate surface area is 81.5 Å². The van der Waals surface area contributed by atoms with Gasteiger partial charge in [-0.2, -0.15) is 0 Å². The van der Waals surface area contributed by atoms with Crippen LogP contribution in [0.2, 0.25) is 0 Å². The lowest BCUT2D eigenvalue weighted by Gasteiger charge is -2.30. The Morgan fingerprint density at radius 3 is 1.54 bits per heavy atom. The Morgan fingerprint density at radius 1 is 1.00 bits per heavy atom. The predicted octanol–water partition coefficient (Wildman–Crippen LogP) is 3.47. The fraction of sp³-hybridized carbons (Fsp3) is 0.667. The average Bonchev–Trinajstić information content (AvgIpc) is 2.31. The average molecular weight is 180 g/mol. The summed E-state index contributed by atoms with van der Waals surface area (Å²) >= 11 is 0. The first-order valence-electron chi connectivity index (χ1n) is 4.92. The lowest BCUT2D eigenvalue weighted by atomic mass is 9.88. The van der Waals surface area contributed by atoms with Crippen molar-refractivity contribution in [3.8, 4) is 0 Å². The fourth-order valence-electron chi connectivity index (χ4n) is 2.43. The first kappa shape index (κ1) is 10.5. The van der Waals surface area contributed by atoms with Crippen LogP contribution in [0.3, 0.4) is 0 Å². The van der Waals surface area contributed by atoms with Crippen LogP contribution in [0.4, 0.5) is 0 Å². The van der Waals surface area contributed by atoms with E-state index in [1.807, 2.05) is 7.11 Å². The quantitative estimate of drug-likeness (QED) is 0.632. The standard InChI is InChI=1S/C12H20O/c1-7-12(13-6)10(4)8(2)9(3)11(12)5/h7H2,1-6H3. The van der Waals surface area contributed by atoms with Gasteiger partial charge in [0.05, 0.1) is 0 Å². The number of hydrogen-bond acceptors (Lipinski definition) is 1. The summed E-state index contributed by atoms with van der Waals surface area (Å²) in [5, 5.41) is 0. The van der Waals surface area contributed by atoms with E-state index in [1.54, 1.807) is 0 Å². The summed E-state index contributed by atoms with van der Waals surface area (Å²) in [6, 6.07) is 0. The van der Waals surface area contributed by atoms with Crippen LogP contribution in [-0.4, -0.2) is 12.7 Å². The van der Waals surface area contributed by atoms with E-state index < -0.39 is 0 Å². The maximum absolute atomic E-state index is 5.70. The Kier molecular flexibility index (Phi) is 2.67. The van der Waals surface area contributed by atoms with Crippen molar-refractivity contribution >= 4 is 0 Å². The molecular weight excluding hydrogens is 160 g/mol. The van der Waals surface area contributed by atoms with Crippen molar-refractivity contribution in [1.82, 2.24) is 0 Å². The molecule has 0 amide bonds. The highest BCUT2D eigenvalue weighted by atomic mass is 16.5. The molecule has 1 aliphatic rings. The molecule has 1 rings (SSSR count). The van der Waals surface area contributed by atoms with Gasteiger partial charge in [0.2, 0.25) is 0 Å². The van der Waals surface area contributed by atoms with Gasteiger partial charge in [-0.1, -0.05) is 6.92 Å². The number of allylic oxidation sites excluding steroid dienone is 2. The minimum Gasteiger partial charge on any atom is -0.369 e. The fourth-order valence-corrected chi connectivity index (χ4v) is 2.43. The van der Waals surface area contributed by atoms with E-state index >= 15 is 0 Å². The molecule has 0 aromatic heterocycles. The van der Waals surface area contributed by atoms with E-state index in [9.17, 15) is 0 Å². The van der Waals surface area contributed by atoms with E-state index in [1.165, 1.54) is 22.3 Å². The van der Waals surface area contributed by atoms with Gasteiger partial charge in [0, 0.05) is 7.11 Å². The smallest absolute Gasteiger partial charge is 0.110 e. The summed E-state index contributed by atoms with van der Waals surface area (Å²) in [5.41, 5.74) is 5.47. The largest absolute Gasteiger partial charge is 0.369 e. The number of rotatable bonds is 2. The topological polar surface area (TPSA) is 9.23 Å². The molecule has 74 valence electrons. The molecule has 0 heterocycles. The zero-order chi connectivity index (χ0) is 10.2. The summed E-state index contributed by atoms with van der Waals surface area (Å²) in [6.07, 6.45) is 1.02. The molecule has 0 aromatic rings. The van der Waals surface area contributed by atoms with Crippen LogP contribution in [0.25, 0.3) is 0 Å². The molecule has 0 bridgehead atoms. The summed E-state index contributed by atoms with van der Waals surface area (Å²) in [4.78, 5) is 0. The molecule has 0 spiro atoms. The van der Waals surface area contributed by atoms with Gasteiger partial charge in [0.25, 0.3) is 0 Å². The summed E-state index contributed by atoms with van der Waals surface area (Å²) in [5.74, 6) is 0. The zero-order valence-electron chi connectivity index (χ0n) is 9.62. The van der Waals surface area contributed by atoms with E-state index in [-0.39, 0.29) is 5.60 Å². The Morgan fingerprint density at radius 2 is 1.38 bits per heavy atom. The summed E-state index contributed by atoms with van der Waals surface area (Å²) < 4.78 is 5.70. The van der Waals surface area contributed by atoms with Crippen molar-refractivity contribution in [3.05, 3.63) is 22.3 Å². The van der Waals surface area contributed by atoms with Gasteiger partial charge in [-0.05, 0) is 56.4 Å². The monoisotopic (exact) mass is 180 g/mol. The van der Waals surface area contributed by atoms with Crippen LogP contribution in [0.15, 0.2) is 22.3 Å². The normalized spacial score (nSPS) is 21.7. The van der Waals surface area contributed by atoms with Crippen molar-refractivity contribution in [3.63, 3.8) is 0 Å². The molecule has 13 heavy (non-hydrogen) atoms. The molecule has 1 heteroatoms. The molecule has 1 nitrogen and oxygen atoms in total. The van der Waals surface area contributed by atoms with Crippen molar-refractivity contribution < 1.29 is 4.74 Å². The molecule has 0 unspecified atom stereocenters. The van der Waals surface area contributed by atoms with E-state index in [2.05, 4.69) is 34.6 Å². The van der Waals surface area contributed by atoms with Crippen molar-refractivity contribution in [2.45, 2.75) is 46.6 Å². The van der Waals surface area contributed by atoms with Gasteiger partial charge in [-0.3, -0.25) is 0 Å². The highest BCUT2D eigenvalue weighted by Gasteiger charge is 2.38. The summed E-state index contributed by atoms with van der Waals surface area (Å²) in [6.45, 7) is 10.9. The molecule has 0 fully saturated rings. The second kappa shape index (κ2) is 3.30. The minimum atomic E-state index is -0.103. The minimum absolute atomic E-state index is 0.103. The molecule has 0 aromatic carbocycles. The highest BCUT2D eigenvalue weighted by molar-refractivity contribution is 5.52. The second-order valence-electron chi connectivity index (χ2n) is 3.88. The van der Waals surface area contributed by atoms with Crippen LogP contribution in [0.5, 0.6) is 0 Å². The third-order valence-electron chi connectivity index (χ3n) is 3.75. The molecular formula is C12H20O. The maximum atomic E-state index is 5.70. The van der Waals surface area contributed by atoms with Crippen LogP contribution in [0, 0.1) is 0 Å². The molecule has 0 atom stereocenters. The SMILES string of the molecule is CCC1(OC)C(C)=C(C)C(C)=C1C. The highest BCUT2D eigenvalue weighted by Crippen LogP contribution is 2.43. The molecule has 0 saturated carbocycles. The second-order valence-corrected chi connectivity index (χ2v) is 3.88. The van der Waals surface area contributed by atoms with Crippen LogP contribution >= 0.6 is 0 Å². The van der Waals surface area contributed by atoms with Gasteiger partial charge in [0.1, 0.15) is 5.60 Å². The third kappa shape index (κ3) is 1.18. The molecule has 0 N–H and O–H groups in total. The lowest BCUT2D eigenvalue weighted by molar-refractivity contribution is 0.0524. The van der Waals surface area contributed by atoms with Crippen LogP contribution < -0.4 is 0 Å². The molecule has 0 aliphatic heterocycles. The van der Waals surface area contributed by atoms with Gasteiger partial charge < -0.3 is 4.74 Å². The first-order valence-corrected chi connectivity index (χ1v) is 4.92. The Hall–Kier alpha value is -0.560.